The van der Waals surface area contributed by atoms with E-state index < -0.39 is 0 Å². The van der Waals surface area contributed by atoms with Gasteiger partial charge in [-0.3, -0.25) is 4.90 Å². The summed E-state index contributed by atoms with van der Waals surface area (Å²) < 4.78 is 0. The third-order valence-corrected chi connectivity index (χ3v) is 5.79. The fourth-order valence-corrected chi connectivity index (χ4v) is 4.61. The maximum atomic E-state index is 6.30. The first-order valence-corrected chi connectivity index (χ1v) is 8.76. The summed E-state index contributed by atoms with van der Waals surface area (Å²) >= 11 is 0. The standard InChI is InChI=1S/C17H35N3/c1-4-6-16-7-5-9-17(14-18,10-8-16)20-12-11-19(3)13-15(20)2/h15-16H,4-14,18H2,1-3H3. The topological polar surface area (TPSA) is 32.5 Å². The fourth-order valence-electron chi connectivity index (χ4n) is 4.61. The van der Waals surface area contributed by atoms with Crippen LogP contribution in [0.5, 0.6) is 0 Å². The van der Waals surface area contributed by atoms with Crippen LogP contribution in [0.1, 0.15) is 58.8 Å². The van der Waals surface area contributed by atoms with E-state index in [9.17, 15) is 0 Å². The van der Waals surface area contributed by atoms with Crippen molar-refractivity contribution in [3.05, 3.63) is 0 Å². The second-order valence-electron chi connectivity index (χ2n) is 7.32. The van der Waals surface area contributed by atoms with Gasteiger partial charge in [0, 0.05) is 37.8 Å². The summed E-state index contributed by atoms with van der Waals surface area (Å²) in [5, 5.41) is 0. The van der Waals surface area contributed by atoms with E-state index in [1.165, 1.54) is 64.6 Å². The first-order chi connectivity index (χ1) is 9.61. The van der Waals surface area contributed by atoms with Gasteiger partial charge >= 0.3 is 0 Å². The van der Waals surface area contributed by atoms with Crippen LogP contribution in [0.4, 0.5) is 0 Å². The van der Waals surface area contributed by atoms with Gasteiger partial charge in [0.1, 0.15) is 0 Å². The molecule has 1 aliphatic heterocycles. The summed E-state index contributed by atoms with van der Waals surface area (Å²) in [6, 6.07) is 0.653. The van der Waals surface area contributed by atoms with Gasteiger partial charge in [-0.1, -0.05) is 32.6 Å². The largest absolute Gasteiger partial charge is 0.329 e. The zero-order valence-corrected chi connectivity index (χ0v) is 13.9. The molecule has 0 aromatic carbocycles. The Bertz CT molecular complexity index is 294. The molecule has 2 rings (SSSR count). The highest BCUT2D eigenvalue weighted by atomic mass is 15.3. The minimum absolute atomic E-state index is 0.295. The molecule has 1 saturated heterocycles. The molecule has 0 spiro atoms. The molecule has 20 heavy (non-hydrogen) atoms. The van der Waals surface area contributed by atoms with Crippen molar-refractivity contribution in [3.63, 3.8) is 0 Å². The molecule has 0 aromatic heterocycles. The molecule has 1 saturated carbocycles. The molecule has 2 aliphatic rings. The monoisotopic (exact) mass is 281 g/mol. The van der Waals surface area contributed by atoms with Gasteiger partial charge in [0.2, 0.25) is 0 Å². The van der Waals surface area contributed by atoms with E-state index in [-0.39, 0.29) is 0 Å². The second-order valence-corrected chi connectivity index (χ2v) is 7.32. The van der Waals surface area contributed by atoms with Crippen molar-refractivity contribution in [1.29, 1.82) is 0 Å². The molecule has 3 unspecified atom stereocenters. The molecule has 1 aliphatic carbocycles. The molecule has 2 fully saturated rings. The summed E-state index contributed by atoms with van der Waals surface area (Å²) in [6.07, 6.45) is 9.59. The predicted molar refractivity (Wildman–Crippen MR) is 86.9 cm³/mol. The number of hydrogen-bond donors (Lipinski definition) is 1. The molecule has 3 nitrogen and oxygen atoms in total. The number of piperazine rings is 1. The van der Waals surface area contributed by atoms with Crippen LogP contribution >= 0.6 is 0 Å². The maximum absolute atomic E-state index is 6.30. The normalized spacial score (nSPS) is 37.8. The Labute approximate surface area is 125 Å². The molecule has 2 N–H and O–H groups in total. The molecule has 118 valence electrons. The molecule has 0 bridgehead atoms. The van der Waals surface area contributed by atoms with Gasteiger partial charge in [-0.05, 0) is 39.2 Å². The van der Waals surface area contributed by atoms with Crippen LogP contribution in [0.25, 0.3) is 0 Å². The third-order valence-electron chi connectivity index (χ3n) is 5.79. The summed E-state index contributed by atoms with van der Waals surface area (Å²) in [5.74, 6) is 0.955. The van der Waals surface area contributed by atoms with Crippen molar-refractivity contribution in [2.45, 2.75) is 70.4 Å². The van der Waals surface area contributed by atoms with E-state index in [4.69, 9.17) is 5.73 Å². The SMILES string of the molecule is CCCC1CCCC(CN)(N2CCN(C)CC2C)CC1. The Kier molecular flexibility index (Phi) is 5.88. The van der Waals surface area contributed by atoms with Gasteiger partial charge in [-0.2, -0.15) is 0 Å². The maximum Gasteiger partial charge on any atom is 0.0335 e. The lowest BCUT2D eigenvalue weighted by Crippen LogP contribution is -2.63. The zero-order chi connectivity index (χ0) is 14.6. The Morgan fingerprint density at radius 3 is 2.65 bits per heavy atom. The van der Waals surface area contributed by atoms with Crippen LogP contribution in [0.2, 0.25) is 0 Å². The summed E-state index contributed by atoms with van der Waals surface area (Å²) in [6.45, 7) is 9.16. The Hall–Kier alpha value is -0.120. The van der Waals surface area contributed by atoms with E-state index in [0.29, 0.717) is 11.6 Å². The number of nitrogens with two attached hydrogens (primary N) is 1. The van der Waals surface area contributed by atoms with Gasteiger partial charge in [0.05, 0.1) is 0 Å². The van der Waals surface area contributed by atoms with Crippen LogP contribution < -0.4 is 5.73 Å². The minimum atomic E-state index is 0.295. The first-order valence-electron chi connectivity index (χ1n) is 8.76. The molecule has 3 atom stereocenters. The van der Waals surface area contributed by atoms with Crippen molar-refractivity contribution in [2.24, 2.45) is 11.7 Å². The van der Waals surface area contributed by atoms with E-state index in [1.807, 2.05) is 0 Å². The quantitative estimate of drug-likeness (QED) is 0.804. The molecule has 0 radical (unpaired) electrons. The molecular formula is C17H35N3. The van der Waals surface area contributed by atoms with Crippen LogP contribution in [0.15, 0.2) is 0 Å². The highest BCUT2D eigenvalue weighted by molar-refractivity contribution is 4.98. The number of likely N-dealkylation sites (N-methyl/N-ethyl adjacent to an activating group) is 1. The van der Waals surface area contributed by atoms with Gasteiger partial charge in [0.15, 0.2) is 0 Å². The van der Waals surface area contributed by atoms with Crippen molar-refractivity contribution < 1.29 is 0 Å². The van der Waals surface area contributed by atoms with Crippen molar-refractivity contribution >= 4 is 0 Å². The lowest BCUT2D eigenvalue weighted by molar-refractivity contribution is -0.00627. The summed E-state index contributed by atoms with van der Waals surface area (Å²) in [4.78, 5) is 5.23. The molecule has 0 amide bonds. The zero-order valence-electron chi connectivity index (χ0n) is 13.9. The molecule has 0 aromatic rings. The van der Waals surface area contributed by atoms with E-state index >= 15 is 0 Å². The van der Waals surface area contributed by atoms with Gasteiger partial charge in [-0.25, -0.2) is 0 Å². The van der Waals surface area contributed by atoms with Crippen LogP contribution in [0.3, 0.4) is 0 Å². The molecule has 3 heteroatoms. The lowest BCUT2D eigenvalue weighted by atomic mass is 9.85. The minimum Gasteiger partial charge on any atom is -0.329 e. The number of hydrogen-bond acceptors (Lipinski definition) is 3. The molecular weight excluding hydrogens is 246 g/mol. The summed E-state index contributed by atoms with van der Waals surface area (Å²) in [5.41, 5.74) is 6.59. The van der Waals surface area contributed by atoms with Gasteiger partial charge in [0.25, 0.3) is 0 Å². The Balaban J connectivity index is 2.05. The van der Waals surface area contributed by atoms with E-state index in [2.05, 4.69) is 30.7 Å². The van der Waals surface area contributed by atoms with Crippen molar-refractivity contribution in [1.82, 2.24) is 9.80 Å². The Morgan fingerprint density at radius 2 is 2.00 bits per heavy atom. The average molecular weight is 281 g/mol. The lowest BCUT2D eigenvalue weighted by Gasteiger charge is -2.50. The predicted octanol–water partition coefficient (Wildman–Crippen LogP) is 2.70. The van der Waals surface area contributed by atoms with E-state index in [1.54, 1.807) is 0 Å². The van der Waals surface area contributed by atoms with Crippen molar-refractivity contribution in [2.75, 3.05) is 33.2 Å². The van der Waals surface area contributed by atoms with Crippen LogP contribution in [-0.2, 0) is 0 Å². The van der Waals surface area contributed by atoms with Crippen LogP contribution in [0, 0.1) is 5.92 Å². The average Bonchev–Trinajstić information content (AvgIpc) is 2.63. The first kappa shape index (κ1) is 16.3. The molecule has 1 heterocycles. The van der Waals surface area contributed by atoms with Crippen molar-refractivity contribution in [3.8, 4) is 0 Å². The van der Waals surface area contributed by atoms with Gasteiger partial charge < -0.3 is 10.6 Å². The number of rotatable bonds is 4. The summed E-state index contributed by atoms with van der Waals surface area (Å²) in [7, 11) is 2.24. The number of nitrogens with zero attached hydrogens (tertiary/aromatic N) is 2. The highest BCUT2D eigenvalue weighted by Crippen LogP contribution is 2.37. The highest BCUT2D eigenvalue weighted by Gasteiger charge is 2.40. The fraction of sp³-hybridized carbons (Fsp3) is 1.00. The smallest absolute Gasteiger partial charge is 0.0335 e. The Morgan fingerprint density at radius 1 is 1.20 bits per heavy atom. The van der Waals surface area contributed by atoms with Gasteiger partial charge in [-0.15, -0.1) is 0 Å². The third kappa shape index (κ3) is 3.55. The van der Waals surface area contributed by atoms with Crippen LogP contribution in [-0.4, -0.2) is 54.6 Å². The second kappa shape index (κ2) is 7.24. The van der Waals surface area contributed by atoms with E-state index in [0.717, 1.165) is 12.5 Å².